The van der Waals surface area contributed by atoms with Gasteiger partial charge in [-0.2, -0.15) is 0 Å². The van der Waals surface area contributed by atoms with Crippen LogP contribution in [-0.4, -0.2) is 48.1 Å². The number of aromatic nitrogens is 1. The quantitative estimate of drug-likeness (QED) is 0.265. The molecular weight excluding hydrogens is 495 g/mol. The van der Waals surface area contributed by atoms with Crippen LogP contribution in [0.15, 0.2) is 39.9 Å². The van der Waals surface area contributed by atoms with Crippen molar-refractivity contribution in [3.63, 3.8) is 0 Å². The van der Waals surface area contributed by atoms with E-state index in [2.05, 4.69) is 22.1 Å². The van der Waals surface area contributed by atoms with E-state index < -0.39 is 0 Å². The van der Waals surface area contributed by atoms with Gasteiger partial charge in [0.2, 0.25) is 5.89 Å². The molecule has 0 amide bonds. The topological polar surface area (TPSA) is 80.0 Å². The van der Waals surface area contributed by atoms with Crippen LogP contribution in [0.1, 0.15) is 37.9 Å². The zero-order chi connectivity index (χ0) is 20.6. The van der Waals surface area contributed by atoms with Crippen LogP contribution in [0.3, 0.4) is 0 Å². The summed E-state index contributed by atoms with van der Waals surface area (Å²) in [6.07, 6.45) is 3.45. The summed E-state index contributed by atoms with van der Waals surface area (Å²) in [5.41, 5.74) is 2.92. The van der Waals surface area contributed by atoms with Gasteiger partial charge in [-0.05, 0) is 45.7 Å². The van der Waals surface area contributed by atoms with Crippen LogP contribution in [0.25, 0.3) is 11.5 Å². The number of halogens is 1. The first-order valence-electron chi connectivity index (χ1n) is 10.3. The summed E-state index contributed by atoms with van der Waals surface area (Å²) in [4.78, 5) is 23.6. The van der Waals surface area contributed by atoms with Crippen LogP contribution < -0.4 is 5.32 Å². The highest BCUT2D eigenvalue weighted by Gasteiger charge is 2.28. The first-order chi connectivity index (χ1) is 14.1. The third-order valence-electron chi connectivity index (χ3n) is 4.92. The van der Waals surface area contributed by atoms with Gasteiger partial charge in [-0.25, -0.2) is 9.98 Å². The second kappa shape index (κ2) is 11.9. The summed E-state index contributed by atoms with van der Waals surface area (Å²) in [5, 5.41) is 3.32. The van der Waals surface area contributed by atoms with Crippen molar-refractivity contribution in [2.45, 2.75) is 40.2 Å². The molecule has 0 aliphatic carbocycles. The molecule has 1 aromatic carbocycles. The Morgan fingerprint density at radius 1 is 1.33 bits per heavy atom. The number of nitrogens with one attached hydrogen (secondary N) is 1. The number of benzene rings is 1. The predicted molar refractivity (Wildman–Crippen MR) is 128 cm³/mol. The van der Waals surface area contributed by atoms with Gasteiger partial charge in [0, 0.05) is 25.2 Å². The van der Waals surface area contributed by atoms with E-state index in [4.69, 9.17) is 14.1 Å². The normalized spacial score (nSPS) is 16.7. The fourth-order valence-corrected chi connectivity index (χ4v) is 3.41. The molecule has 1 saturated heterocycles. The predicted octanol–water partition coefficient (Wildman–Crippen LogP) is 4.01. The highest BCUT2D eigenvalue weighted by molar-refractivity contribution is 14.0. The van der Waals surface area contributed by atoms with Crippen molar-refractivity contribution in [2.24, 2.45) is 10.9 Å². The van der Waals surface area contributed by atoms with Gasteiger partial charge in [0.05, 0.1) is 19.1 Å². The Bertz CT molecular complexity index is 835. The maximum Gasteiger partial charge on any atom is 0.310 e. The highest BCUT2D eigenvalue weighted by atomic mass is 127. The van der Waals surface area contributed by atoms with Crippen molar-refractivity contribution >= 4 is 35.9 Å². The SMILES string of the molecule is CCNC(=NCc1coc(-c2ccc(C)cc2)n1)N1CCCC(C(=O)OCC)C1.I. The highest BCUT2D eigenvalue weighted by Crippen LogP contribution is 2.20. The van der Waals surface area contributed by atoms with Crippen LogP contribution in [0, 0.1) is 12.8 Å². The van der Waals surface area contributed by atoms with Gasteiger partial charge < -0.3 is 19.4 Å². The third kappa shape index (κ3) is 6.45. The van der Waals surface area contributed by atoms with Crippen molar-refractivity contribution in [2.75, 3.05) is 26.2 Å². The molecule has 7 nitrogen and oxygen atoms in total. The van der Waals surface area contributed by atoms with Gasteiger partial charge in [-0.1, -0.05) is 17.7 Å². The van der Waals surface area contributed by atoms with E-state index in [0.29, 0.717) is 25.6 Å². The van der Waals surface area contributed by atoms with Gasteiger partial charge >= 0.3 is 5.97 Å². The molecule has 0 spiro atoms. The molecule has 30 heavy (non-hydrogen) atoms. The second-order valence-electron chi connectivity index (χ2n) is 7.22. The van der Waals surface area contributed by atoms with Gasteiger partial charge in [-0.15, -0.1) is 24.0 Å². The lowest BCUT2D eigenvalue weighted by atomic mass is 9.98. The maximum absolute atomic E-state index is 12.1. The number of ether oxygens (including phenoxy) is 1. The lowest BCUT2D eigenvalue weighted by Crippen LogP contribution is -2.48. The van der Waals surface area contributed by atoms with E-state index in [-0.39, 0.29) is 35.9 Å². The van der Waals surface area contributed by atoms with E-state index in [1.165, 1.54) is 5.56 Å². The number of nitrogens with zero attached hydrogens (tertiary/aromatic N) is 3. The lowest BCUT2D eigenvalue weighted by Gasteiger charge is -2.33. The zero-order valence-corrected chi connectivity index (χ0v) is 20.2. The van der Waals surface area contributed by atoms with Crippen LogP contribution in [0.4, 0.5) is 0 Å². The molecule has 1 fully saturated rings. The molecule has 164 valence electrons. The fraction of sp³-hybridized carbons (Fsp3) is 0.500. The molecule has 0 bridgehead atoms. The van der Waals surface area contributed by atoms with E-state index in [9.17, 15) is 4.79 Å². The van der Waals surface area contributed by atoms with Crippen LogP contribution in [0.5, 0.6) is 0 Å². The smallest absolute Gasteiger partial charge is 0.310 e. The molecule has 1 atom stereocenters. The Kier molecular flexibility index (Phi) is 9.61. The number of likely N-dealkylation sites (tertiary alicyclic amines) is 1. The van der Waals surface area contributed by atoms with Crippen molar-refractivity contribution < 1.29 is 13.9 Å². The number of rotatable bonds is 6. The molecule has 1 aromatic heterocycles. The van der Waals surface area contributed by atoms with Crippen LogP contribution >= 0.6 is 24.0 Å². The number of aliphatic imine (C=N–C) groups is 1. The fourth-order valence-electron chi connectivity index (χ4n) is 3.41. The van der Waals surface area contributed by atoms with E-state index in [1.807, 2.05) is 38.1 Å². The Balaban J connectivity index is 0.00000320. The number of guanidine groups is 1. The van der Waals surface area contributed by atoms with E-state index in [1.54, 1.807) is 6.26 Å². The second-order valence-corrected chi connectivity index (χ2v) is 7.22. The monoisotopic (exact) mass is 526 g/mol. The Hall–Kier alpha value is -2.10. The van der Waals surface area contributed by atoms with E-state index >= 15 is 0 Å². The Morgan fingerprint density at radius 2 is 2.10 bits per heavy atom. The molecule has 0 radical (unpaired) electrons. The maximum atomic E-state index is 12.1. The molecule has 1 aliphatic rings. The number of carbonyl (C=O) groups is 1. The number of carbonyl (C=O) groups excluding carboxylic acids is 1. The summed E-state index contributed by atoms with van der Waals surface area (Å²) in [7, 11) is 0. The van der Waals surface area contributed by atoms with Crippen LogP contribution in [-0.2, 0) is 16.1 Å². The summed E-state index contributed by atoms with van der Waals surface area (Å²) in [6, 6.07) is 8.08. The molecule has 2 aromatic rings. The van der Waals surface area contributed by atoms with Crippen molar-refractivity contribution in [1.82, 2.24) is 15.2 Å². The first kappa shape index (κ1) is 24.2. The average Bonchev–Trinajstić information content (AvgIpc) is 3.21. The first-order valence-corrected chi connectivity index (χ1v) is 10.3. The minimum atomic E-state index is -0.118. The Labute approximate surface area is 195 Å². The number of hydrogen-bond acceptors (Lipinski definition) is 5. The average molecular weight is 526 g/mol. The third-order valence-corrected chi connectivity index (χ3v) is 4.92. The number of esters is 1. The number of hydrogen-bond donors (Lipinski definition) is 1. The standard InChI is InChI=1S/C22H30N4O3.HI/c1-4-23-22(26-12-6-7-18(14-26)21(27)28-5-2)24-13-19-15-29-20(25-19)17-10-8-16(3)9-11-17;/h8-11,15,18H,4-7,12-14H2,1-3H3,(H,23,24);1H. The summed E-state index contributed by atoms with van der Waals surface area (Å²) in [5.74, 6) is 1.17. The lowest BCUT2D eigenvalue weighted by molar-refractivity contribution is -0.149. The molecule has 1 aliphatic heterocycles. The summed E-state index contributed by atoms with van der Waals surface area (Å²) in [6.45, 7) is 9.01. The van der Waals surface area contributed by atoms with Crippen molar-refractivity contribution in [3.05, 3.63) is 41.8 Å². The number of oxazole rings is 1. The summed E-state index contributed by atoms with van der Waals surface area (Å²) >= 11 is 0. The minimum absolute atomic E-state index is 0. The zero-order valence-electron chi connectivity index (χ0n) is 17.9. The largest absolute Gasteiger partial charge is 0.466 e. The molecule has 3 rings (SSSR count). The number of aryl methyl sites for hydroxylation is 1. The molecule has 2 heterocycles. The van der Waals surface area contributed by atoms with Crippen molar-refractivity contribution in [3.8, 4) is 11.5 Å². The molecular formula is C22H31IN4O3. The summed E-state index contributed by atoms with van der Waals surface area (Å²) < 4.78 is 10.8. The molecule has 1 N–H and O–H groups in total. The van der Waals surface area contributed by atoms with Crippen molar-refractivity contribution in [1.29, 1.82) is 0 Å². The van der Waals surface area contributed by atoms with E-state index in [0.717, 1.165) is 43.1 Å². The van der Waals surface area contributed by atoms with Crippen LogP contribution in [0.2, 0.25) is 0 Å². The number of piperidine rings is 1. The van der Waals surface area contributed by atoms with Gasteiger partial charge in [-0.3, -0.25) is 4.79 Å². The molecule has 1 unspecified atom stereocenters. The minimum Gasteiger partial charge on any atom is -0.466 e. The Morgan fingerprint density at radius 3 is 2.80 bits per heavy atom. The van der Waals surface area contributed by atoms with Gasteiger partial charge in [0.15, 0.2) is 5.96 Å². The van der Waals surface area contributed by atoms with Gasteiger partial charge in [0.25, 0.3) is 0 Å². The molecule has 8 heteroatoms. The molecule has 0 saturated carbocycles. The van der Waals surface area contributed by atoms with Gasteiger partial charge in [0.1, 0.15) is 12.0 Å².